The number of nitrogens with zero attached hydrogens (tertiary/aromatic N) is 2. The van der Waals surface area contributed by atoms with E-state index in [0.29, 0.717) is 13.1 Å². The molecule has 2 rings (SSSR count). The second kappa shape index (κ2) is 6.49. The Morgan fingerprint density at radius 3 is 2.76 bits per heavy atom. The lowest BCUT2D eigenvalue weighted by atomic mass is 10.1. The zero-order valence-corrected chi connectivity index (χ0v) is 11.7. The number of hydrogen-bond acceptors (Lipinski definition) is 5. The van der Waals surface area contributed by atoms with Crippen LogP contribution in [-0.4, -0.2) is 48.5 Å². The Morgan fingerprint density at radius 2 is 2.14 bits per heavy atom. The SMILES string of the molecule is Cc1cc(NCC(=O)N2CCNCC2)c([N+](=O)[O-])cc1F. The monoisotopic (exact) mass is 296 g/mol. The van der Waals surface area contributed by atoms with Gasteiger partial charge in [-0.05, 0) is 18.6 Å². The van der Waals surface area contributed by atoms with Crippen LogP contribution in [0.4, 0.5) is 15.8 Å². The first kappa shape index (κ1) is 15.2. The maximum absolute atomic E-state index is 13.4. The first-order valence-corrected chi connectivity index (χ1v) is 6.66. The number of nitro groups is 1. The fourth-order valence-corrected chi connectivity index (χ4v) is 2.16. The van der Waals surface area contributed by atoms with Gasteiger partial charge in [-0.1, -0.05) is 0 Å². The molecule has 1 aliphatic rings. The average Bonchev–Trinajstić information content (AvgIpc) is 2.48. The Morgan fingerprint density at radius 1 is 1.48 bits per heavy atom. The molecule has 0 unspecified atom stereocenters. The van der Waals surface area contributed by atoms with Crippen molar-refractivity contribution < 1.29 is 14.1 Å². The van der Waals surface area contributed by atoms with Crippen LogP contribution in [0.5, 0.6) is 0 Å². The van der Waals surface area contributed by atoms with E-state index < -0.39 is 10.7 Å². The van der Waals surface area contributed by atoms with E-state index >= 15 is 0 Å². The van der Waals surface area contributed by atoms with Gasteiger partial charge in [0.25, 0.3) is 5.69 Å². The van der Waals surface area contributed by atoms with E-state index in [9.17, 15) is 19.3 Å². The molecule has 1 aliphatic heterocycles. The summed E-state index contributed by atoms with van der Waals surface area (Å²) in [7, 11) is 0. The van der Waals surface area contributed by atoms with Crippen LogP contribution < -0.4 is 10.6 Å². The zero-order chi connectivity index (χ0) is 15.4. The normalized spacial score (nSPS) is 14.9. The Bertz CT molecular complexity index is 559. The first-order valence-electron chi connectivity index (χ1n) is 6.66. The quantitative estimate of drug-likeness (QED) is 0.636. The van der Waals surface area contributed by atoms with E-state index in [1.165, 1.54) is 13.0 Å². The second-order valence-electron chi connectivity index (χ2n) is 4.86. The van der Waals surface area contributed by atoms with Crippen molar-refractivity contribution in [2.45, 2.75) is 6.92 Å². The minimum Gasteiger partial charge on any atom is -0.371 e. The van der Waals surface area contributed by atoms with E-state index in [2.05, 4.69) is 10.6 Å². The molecule has 8 heteroatoms. The molecule has 7 nitrogen and oxygen atoms in total. The summed E-state index contributed by atoms with van der Waals surface area (Å²) in [6.07, 6.45) is 0. The fourth-order valence-electron chi connectivity index (χ4n) is 2.16. The number of rotatable bonds is 4. The van der Waals surface area contributed by atoms with Crippen molar-refractivity contribution in [1.82, 2.24) is 10.2 Å². The summed E-state index contributed by atoms with van der Waals surface area (Å²) < 4.78 is 13.4. The number of amides is 1. The highest BCUT2D eigenvalue weighted by Gasteiger charge is 2.20. The number of benzene rings is 1. The largest absolute Gasteiger partial charge is 0.371 e. The molecule has 1 heterocycles. The predicted octanol–water partition coefficient (Wildman–Crippen LogP) is 0.886. The molecule has 1 saturated heterocycles. The number of nitro benzene ring substituents is 1. The van der Waals surface area contributed by atoms with Crippen LogP contribution in [0.25, 0.3) is 0 Å². The number of carbonyl (C=O) groups excluding carboxylic acids is 1. The van der Waals surface area contributed by atoms with Crippen LogP contribution in [0.15, 0.2) is 12.1 Å². The third-order valence-electron chi connectivity index (χ3n) is 3.37. The van der Waals surface area contributed by atoms with Crippen LogP contribution in [-0.2, 0) is 4.79 Å². The van der Waals surface area contributed by atoms with Crippen molar-refractivity contribution in [3.63, 3.8) is 0 Å². The van der Waals surface area contributed by atoms with Crippen molar-refractivity contribution in [3.8, 4) is 0 Å². The van der Waals surface area contributed by atoms with Gasteiger partial charge in [-0.3, -0.25) is 14.9 Å². The third kappa shape index (κ3) is 3.66. The summed E-state index contributed by atoms with van der Waals surface area (Å²) in [4.78, 5) is 23.9. The third-order valence-corrected chi connectivity index (χ3v) is 3.37. The fraction of sp³-hybridized carbons (Fsp3) is 0.462. The van der Waals surface area contributed by atoms with Crippen molar-refractivity contribution >= 4 is 17.3 Å². The van der Waals surface area contributed by atoms with Gasteiger partial charge in [-0.15, -0.1) is 0 Å². The lowest BCUT2D eigenvalue weighted by molar-refractivity contribution is -0.384. The van der Waals surface area contributed by atoms with Crippen LogP contribution in [0, 0.1) is 22.9 Å². The minimum absolute atomic E-state index is 0.0497. The van der Waals surface area contributed by atoms with Crippen LogP contribution >= 0.6 is 0 Å². The number of aryl methyl sites for hydroxylation is 1. The van der Waals surface area contributed by atoms with Crippen molar-refractivity contribution in [1.29, 1.82) is 0 Å². The Labute approximate surface area is 121 Å². The number of hydrogen-bond donors (Lipinski definition) is 2. The highest BCUT2D eigenvalue weighted by molar-refractivity contribution is 5.82. The van der Waals surface area contributed by atoms with E-state index in [1.54, 1.807) is 4.90 Å². The molecular weight excluding hydrogens is 279 g/mol. The van der Waals surface area contributed by atoms with E-state index in [4.69, 9.17) is 0 Å². The lowest BCUT2D eigenvalue weighted by Gasteiger charge is -2.27. The van der Waals surface area contributed by atoms with Gasteiger partial charge in [0.2, 0.25) is 5.91 Å². The molecule has 0 aliphatic carbocycles. The summed E-state index contributed by atoms with van der Waals surface area (Å²) in [5, 5.41) is 16.8. The maximum Gasteiger partial charge on any atom is 0.295 e. The van der Waals surface area contributed by atoms with Crippen LogP contribution in [0.3, 0.4) is 0 Å². The molecule has 1 fully saturated rings. The maximum atomic E-state index is 13.4. The van der Waals surface area contributed by atoms with Gasteiger partial charge in [0, 0.05) is 26.2 Å². The van der Waals surface area contributed by atoms with Gasteiger partial charge in [-0.25, -0.2) is 4.39 Å². The molecule has 0 aromatic heterocycles. The number of anilines is 1. The van der Waals surface area contributed by atoms with E-state index in [0.717, 1.165) is 19.2 Å². The number of piperazine rings is 1. The van der Waals surface area contributed by atoms with Crippen molar-refractivity contribution in [2.24, 2.45) is 0 Å². The molecule has 2 N–H and O–H groups in total. The standard InChI is InChI=1S/C13H17FN4O3/c1-9-6-11(12(18(20)21)7-10(9)14)16-8-13(19)17-4-2-15-3-5-17/h6-7,15-16H,2-5,8H2,1H3. The Balaban J connectivity index is 2.06. The van der Waals surface area contributed by atoms with Gasteiger partial charge < -0.3 is 15.5 Å². The molecule has 0 bridgehead atoms. The molecule has 0 spiro atoms. The molecule has 114 valence electrons. The average molecular weight is 296 g/mol. The highest BCUT2D eigenvalue weighted by Crippen LogP contribution is 2.27. The smallest absolute Gasteiger partial charge is 0.295 e. The first-order chi connectivity index (χ1) is 9.99. The van der Waals surface area contributed by atoms with Crippen LogP contribution in [0.1, 0.15) is 5.56 Å². The molecule has 1 amide bonds. The van der Waals surface area contributed by atoms with Gasteiger partial charge in [0.15, 0.2) is 0 Å². The van der Waals surface area contributed by atoms with E-state index in [1.807, 2.05) is 0 Å². The number of carbonyl (C=O) groups is 1. The van der Waals surface area contributed by atoms with Crippen molar-refractivity contribution in [2.75, 3.05) is 38.0 Å². The van der Waals surface area contributed by atoms with Gasteiger partial charge in [0.05, 0.1) is 17.5 Å². The van der Waals surface area contributed by atoms with Gasteiger partial charge in [-0.2, -0.15) is 0 Å². The number of nitrogens with one attached hydrogen (secondary N) is 2. The Hall–Kier alpha value is -2.22. The van der Waals surface area contributed by atoms with Gasteiger partial charge in [0.1, 0.15) is 11.5 Å². The Kier molecular flexibility index (Phi) is 4.69. The molecule has 21 heavy (non-hydrogen) atoms. The zero-order valence-electron chi connectivity index (χ0n) is 11.7. The van der Waals surface area contributed by atoms with E-state index in [-0.39, 0.29) is 29.4 Å². The topological polar surface area (TPSA) is 87.5 Å². The van der Waals surface area contributed by atoms with Gasteiger partial charge >= 0.3 is 0 Å². The molecule has 0 radical (unpaired) electrons. The van der Waals surface area contributed by atoms with Crippen LogP contribution in [0.2, 0.25) is 0 Å². The second-order valence-corrected chi connectivity index (χ2v) is 4.86. The molecule has 0 atom stereocenters. The molecular formula is C13H17FN4O3. The summed E-state index contributed by atoms with van der Waals surface area (Å²) in [5.41, 5.74) is 0.0753. The lowest BCUT2D eigenvalue weighted by Crippen LogP contribution is -2.48. The summed E-state index contributed by atoms with van der Waals surface area (Å²) in [5.74, 6) is -0.770. The molecule has 1 aromatic rings. The number of halogens is 1. The highest BCUT2D eigenvalue weighted by atomic mass is 19.1. The summed E-state index contributed by atoms with van der Waals surface area (Å²) >= 11 is 0. The molecule has 0 saturated carbocycles. The van der Waals surface area contributed by atoms with Crippen molar-refractivity contribution in [3.05, 3.63) is 33.6 Å². The molecule has 1 aromatic carbocycles. The predicted molar refractivity (Wildman–Crippen MR) is 75.7 cm³/mol. The summed E-state index contributed by atoms with van der Waals surface area (Å²) in [6.45, 7) is 4.17. The summed E-state index contributed by atoms with van der Waals surface area (Å²) in [6, 6.07) is 2.21. The minimum atomic E-state index is -0.667.